The van der Waals surface area contributed by atoms with Gasteiger partial charge >= 0.3 is 0 Å². The number of hydrogen-bond acceptors (Lipinski definition) is 8. The van der Waals surface area contributed by atoms with Crippen LogP contribution >= 0.6 is 23.1 Å². The van der Waals surface area contributed by atoms with Crippen LogP contribution in [0.25, 0.3) is 21.6 Å². The number of rotatable bonds is 5. The van der Waals surface area contributed by atoms with Gasteiger partial charge in [-0.05, 0) is 49.0 Å². The number of hydrogen-bond donors (Lipinski definition) is 0. The van der Waals surface area contributed by atoms with Crippen molar-refractivity contribution in [1.29, 1.82) is 0 Å². The van der Waals surface area contributed by atoms with Crippen molar-refractivity contribution in [3.8, 4) is 11.4 Å². The Balaban J connectivity index is 1.59. The van der Waals surface area contributed by atoms with Gasteiger partial charge in [0.25, 0.3) is 0 Å². The molecule has 28 heavy (non-hydrogen) atoms. The summed E-state index contributed by atoms with van der Waals surface area (Å²) in [4.78, 5) is 15.2. The van der Waals surface area contributed by atoms with E-state index in [9.17, 15) is 0 Å². The molecular formula is C19H14N6OS2. The Bertz CT molecular complexity index is 1230. The first kappa shape index (κ1) is 17.1. The summed E-state index contributed by atoms with van der Waals surface area (Å²) in [6, 6.07) is 9.77. The van der Waals surface area contributed by atoms with Gasteiger partial charge in [-0.1, -0.05) is 0 Å². The average Bonchev–Trinajstić information content (AvgIpc) is 3.44. The molecule has 0 spiro atoms. The fourth-order valence-corrected chi connectivity index (χ4v) is 4.69. The van der Waals surface area contributed by atoms with Crippen molar-refractivity contribution in [3.05, 3.63) is 66.0 Å². The van der Waals surface area contributed by atoms with Gasteiger partial charge in [0.1, 0.15) is 21.9 Å². The molecule has 5 aromatic heterocycles. The standard InChI is InChI=1S/C19H14N6OS2/c1-12-8-15-17(27-12)21-11-22-18(15)28-19-24-23-16(13-4-2-6-20-9-13)25(19)10-14-5-3-7-26-14/h2-9,11H,10H2,1H3. The van der Waals surface area contributed by atoms with Crippen LogP contribution in [0.2, 0.25) is 0 Å². The predicted octanol–water partition coefficient (Wildman–Crippen LogP) is 4.45. The molecule has 0 N–H and O–H groups in total. The second-order valence-corrected chi connectivity index (χ2v) is 8.26. The van der Waals surface area contributed by atoms with Crippen molar-refractivity contribution in [2.75, 3.05) is 0 Å². The maximum atomic E-state index is 5.55. The third-order valence-electron chi connectivity index (χ3n) is 4.13. The van der Waals surface area contributed by atoms with Gasteiger partial charge < -0.3 is 4.42 Å². The monoisotopic (exact) mass is 406 g/mol. The molecule has 5 aromatic rings. The molecule has 0 radical (unpaired) electrons. The van der Waals surface area contributed by atoms with Crippen LogP contribution in [-0.4, -0.2) is 29.7 Å². The van der Waals surface area contributed by atoms with Gasteiger partial charge in [-0.3, -0.25) is 9.55 Å². The van der Waals surface area contributed by atoms with Crippen molar-refractivity contribution in [2.45, 2.75) is 23.7 Å². The first-order chi connectivity index (χ1) is 13.8. The summed E-state index contributed by atoms with van der Waals surface area (Å²) in [6.07, 6.45) is 6.78. The molecule has 0 aliphatic carbocycles. The maximum absolute atomic E-state index is 5.55. The molecule has 0 saturated carbocycles. The molecule has 0 fully saturated rings. The normalized spacial score (nSPS) is 11.3. The molecule has 5 rings (SSSR count). The van der Waals surface area contributed by atoms with E-state index in [1.54, 1.807) is 36.3 Å². The molecule has 5 heterocycles. The van der Waals surface area contributed by atoms with Crippen LogP contribution in [0, 0.1) is 6.92 Å². The van der Waals surface area contributed by atoms with E-state index in [4.69, 9.17) is 4.42 Å². The Morgan fingerprint density at radius 3 is 2.96 bits per heavy atom. The van der Waals surface area contributed by atoms with Crippen LogP contribution in [-0.2, 0) is 6.54 Å². The predicted molar refractivity (Wildman–Crippen MR) is 107 cm³/mol. The van der Waals surface area contributed by atoms with E-state index in [-0.39, 0.29) is 0 Å². The molecule has 138 valence electrons. The lowest BCUT2D eigenvalue weighted by Crippen LogP contribution is -2.03. The number of thiophene rings is 1. The van der Waals surface area contributed by atoms with Gasteiger partial charge in [0, 0.05) is 28.2 Å². The third kappa shape index (κ3) is 3.19. The second kappa shape index (κ2) is 7.17. The van der Waals surface area contributed by atoms with E-state index in [0.29, 0.717) is 6.54 Å². The van der Waals surface area contributed by atoms with Crippen LogP contribution in [0.1, 0.15) is 10.6 Å². The van der Waals surface area contributed by atoms with Gasteiger partial charge in [0.05, 0.1) is 12.8 Å². The molecular weight excluding hydrogens is 392 g/mol. The lowest BCUT2D eigenvalue weighted by Gasteiger charge is -2.08. The molecule has 0 aliphatic heterocycles. The van der Waals surface area contributed by atoms with Crippen LogP contribution < -0.4 is 0 Å². The fraction of sp³-hybridized carbons (Fsp3) is 0.105. The number of furan rings is 1. The maximum Gasteiger partial charge on any atom is 0.198 e. The molecule has 0 aliphatic rings. The second-order valence-electron chi connectivity index (χ2n) is 6.07. The molecule has 0 amide bonds. The molecule has 0 aromatic carbocycles. The SMILES string of the molecule is Cc1cc2c(Sc3nnc(-c4cccnc4)n3Cc3ccco3)ncnc2s1. The van der Waals surface area contributed by atoms with Gasteiger partial charge in [-0.15, -0.1) is 21.5 Å². The Hall–Kier alpha value is -3.04. The van der Waals surface area contributed by atoms with Crippen LogP contribution in [0.5, 0.6) is 0 Å². The topological polar surface area (TPSA) is 82.5 Å². The minimum atomic E-state index is 0.517. The summed E-state index contributed by atoms with van der Waals surface area (Å²) in [5.74, 6) is 1.56. The first-order valence-corrected chi connectivity index (χ1v) is 10.2. The number of fused-ring (bicyclic) bond motifs is 1. The molecule has 0 saturated heterocycles. The van der Waals surface area contributed by atoms with Gasteiger partial charge in [-0.2, -0.15) is 0 Å². The number of nitrogens with zero attached hydrogens (tertiary/aromatic N) is 6. The molecule has 0 bridgehead atoms. The zero-order chi connectivity index (χ0) is 18.9. The number of aryl methyl sites for hydroxylation is 1. The van der Waals surface area contributed by atoms with E-state index in [2.05, 4.69) is 38.1 Å². The van der Waals surface area contributed by atoms with Crippen molar-refractivity contribution in [3.63, 3.8) is 0 Å². The zero-order valence-electron chi connectivity index (χ0n) is 14.8. The van der Waals surface area contributed by atoms with Crippen molar-refractivity contribution in [2.24, 2.45) is 0 Å². The number of aromatic nitrogens is 6. The van der Waals surface area contributed by atoms with Gasteiger partial charge in [0.2, 0.25) is 0 Å². The molecule has 0 unspecified atom stereocenters. The van der Waals surface area contributed by atoms with Gasteiger partial charge in [-0.25, -0.2) is 9.97 Å². The first-order valence-electron chi connectivity index (χ1n) is 8.53. The smallest absolute Gasteiger partial charge is 0.198 e. The highest BCUT2D eigenvalue weighted by molar-refractivity contribution is 7.99. The van der Waals surface area contributed by atoms with Crippen molar-refractivity contribution < 1.29 is 4.42 Å². The largest absolute Gasteiger partial charge is 0.467 e. The fourth-order valence-electron chi connectivity index (χ4n) is 2.90. The van der Waals surface area contributed by atoms with Crippen LogP contribution in [0.4, 0.5) is 0 Å². The Morgan fingerprint density at radius 1 is 1.18 bits per heavy atom. The van der Waals surface area contributed by atoms with E-state index in [1.165, 1.54) is 16.6 Å². The third-order valence-corrected chi connectivity index (χ3v) is 6.10. The summed E-state index contributed by atoms with van der Waals surface area (Å²) >= 11 is 3.13. The zero-order valence-corrected chi connectivity index (χ0v) is 16.4. The quantitative estimate of drug-likeness (QED) is 0.399. The van der Waals surface area contributed by atoms with Crippen molar-refractivity contribution >= 4 is 33.3 Å². The van der Waals surface area contributed by atoms with Crippen LogP contribution in [0.3, 0.4) is 0 Å². The molecule has 9 heteroatoms. The summed E-state index contributed by atoms with van der Waals surface area (Å²) in [7, 11) is 0. The minimum Gasteiger partial charge on any atom is -0.467 e. The van der Waals surface area contributed by atoms with Crippen LogP contribution in [0.15, 0.2) is 69.9 Å². The summed E-state index contributed by atoms with van der Waals surface area (Å²) < 4.78 is 7.57. The molecule has 0 atom stereocenters. The molecule has 7 nitrogen and oxygen atoms in total. The highest BCUT2D eigenvalue weighted by Crippen LogP contribution is 2.35. The highest BCUT2D eigenvalue weighted by atomic mass is 32.2. The Morgan fingerprint density at radius 2 is 2.14 bits per heavy atom. The van der Waals surface area contributed by atoms with E-state index >= 15 is 0 Å². The number of pyridine rings is 1. The van der Waals surface area contributed by atoms with Crippen molar-refractivity contribution in [1.82, 2.24) is 29.7 Å². The summed E-state index contributed by atoms with van der Waals surface area (Å²) in [6.45, 7) is 2.59. The Labute approximate surface area is 168 Å². The van der Waals surface area contributed by atoms with E-state index in [0.717, 1.165) is 37.5 Å². The Kier molecular flexibility index (Phi) is 4.38. The van der Waals surface area contributed by atoms with E-state index in [1.807, 2.05) is 28.8 Å². The summed E-state index contributed by atoms with van der Waals surface area (Å²) in [5.41, 5.74) is 0.896. The lowest BCUT2D eigenvalue weighted by molar-refractivity contribution is 0.485. The summed E-state index contributed by atoms with van der Waals surface area (Å²) in [5, 5.41) is 11.5. The minimum absolute atomic E-state index is 0.517. The van der Waals surface area contributed by atoms with Gasteiger partial charge in [0.15, 0.2) is 11.0 Å². The lowest BCUT2D eigenvalue weighted by atomic mass is 10.2. The van der Waals surface area contributed by atoms with E-state index < -0.39 is 0 Å². The highest BCUT2D eigenvalue weighted by Gasteiger charge is 2.18. The average molecular weight is 406 g/mol.